The molecule has 5 heterocycles. The standard InChI is InChI=1S/C20H26N6O3/c21-7-15-9-26(24-23-15)10-16-6-14-3-4-25(16)11-17(14)20(27)22-8-13-1-2-18-19(5-13)29-12-28-18/h1-2,5,9,14,16-17H,3-4,6-8,10-12,21H2,(H,22,27)/t14-,16+,17-/m0/s1. The first-order valence-corrected chi connectivity index (χ1v) is 10.2. The summed E-state index contributed by atoms with van der Waals surface area (Å²) in [6.07, 6.45) is 4.00. The van der Waals surface area contributed by atoms with Crippen molar-refractivity contribution in [2.75, 3.05) is 19.9 Å². The predicted molar refractivity (Wildman–Crippen MR) is 104 cm³/mol. The lowest BCUT2D eigenvalue weighted by atomic mass is 9.75. The van der Waals surface area contributed by atoms with Gasteiger partial charge in [0, 0.05) is 31.9 Å². The summed E-state index contributed by atoms with van der Waals surface area (Å²) < 4.78 is 12.6. The van der Waals surface area contributed by atoms with E-state index in [9.17, 15) is 4.79 Å². The fourth-order valence-corrected chi connectivity index (χ4v) is 4.73. The van der Waals surface area contributed by atoms with E-state index >= 15 is 0 Å². The molecule has 0 radical (unpaired) electrons. The first kappa shape index (κ1) is 18.4. The molecular weight excluding hydrogens is 372 g/mol. The maximum atomic E-state index is 12.9. The zero-order valence-electron chi connectivity index (χ0n) is 16.3. The van der Waals surface area contributed by atoms with Crippen LogP contribution in [0.5, 0.6) is 11.5 Å². The van der Waals surface area contributed by atoms with Gasteiger partial charge in [0.1, 0.15) is 0 Å². The van der Waals surface area contributed by atoms with Crippen molar-refractivity contribution in [1.29, 1.82) is 0 Å². The zero-order valence-corrected chi connectivity index (χ0v) is 16.3. The van der Waals surface area contributed by atoms with Gasteiger partial charge in [-0.2, -0.15) is 0 Å². The molecule has 1 amide bonds. The van der Waals surface area contributed by atoms with Crippen molar-refractivity contribution in [3.8, 4) is 11.5 Å². The minimum atomic E-state index is 0.0457. The second kappa shape index (κ2) is 7.64. The molecule has 3 N–H and O–H groups in total. The predicted octanol–water partition coefficient (Wildman–Crippen LogP) is 0.492. The number of aromatic nitrogens is 3. The normalized spacial score (nSPS) is 27.2. The molecule has 3 fully saturated rings. The number of ether oxygens (including phenoxy) is 2. The highest BCUT2D eigenvalue weighted by Crippen LogP contribution is 2.37. The number of nitrogens with two attached hydrogens (primary N) is 1. The molecule has 2 aromatic rings. The summed E-state index contributed by atoms with van der Waals surface area (Å²) >= 11 is 0. The van der Waals surface area contributed by atoms with E-state index in [1.807, 2.05) is 29.1 Å². The highest BCUT2D eigenvalue weighted by atomic mass is 16.7. The number of nitrogens with one attached hydrogen (secondary N) is 1. The maximum Gasteiger partial charge on any atom is 0.231 e. The SMILES string of the molecule is NCc1cn(C[C@H]2C[C@@H]3CCN2C[C@@H]3C(=O)NCc2ccc3c(c2)OCO3)nn1. The van der Waals surface area contributed by atoms with Crippen LogP contribution in [0.15, 0.2) is 24.4 Å². The molecule has 9 nitrogen and oxygen atoms in total. The van der Waals surface area contributed by atoms with Crippen LogP contribution in [-0.4, -0.2) is 51.7 Å². The quantitative estimate of drug-likeness (QED) is 0.729. The molecule has 154 valence electrons. The Labute approximate surface area is 169 Å². The molecule has 4 aliphatic rings. The highest BCUT2D eigenvalue weighted by Gasteiger charge is 2.43. The number of carbonyl (C=O) groups excluding carboxylic acids is 1. The number of benzene rings is 1. The van der Waals surface area contributed by atoms with Crippen LogP contribution < -0.4 is 20.5 Å². The number of nitrogens with zero attached hydrogens (tertiary/aromatic N) is 4. The number of hydrogen-bond donors (Lipinski definition) is 2. The van der Waals surface area contributed by atoms with E-state index in [1.54, 1.807) is 0 Å². The fraction of sp³-hybridized carbons (Fsp3) is 0.550. The summed E-state index contributed by atoms with van der Waals surface area (Å²) in [4.78, 5) is 15.3. The average Bonchev–Trinajstić information content (AvgIpc) is 3.41. The molecule has 1 aromatic heterocycles. The monoisotopic (exact) mass is 398 g/mol. The minimum Gasteiger partial charge on any atom is -0.454 e. The third kappa shape index (κ3) is 3.67. The Morgan fingerprint density at radius 3 is 3.00 bits per heavy atom. The summed E-state index contributed by atoms with van der Waals surface area (Å²) in [6, 6.07) is 6.19. The molecule has 4 atom stereocenters. The van der Waals surface area contributed by atoms with Crippen LogP contribution >= 0.6 is 0 Å². The minimum absolute atomic E-state index is 0.0457. The van der Waals surface area contributed by atoms with Gasteiger partial charge in [0.05, 0.1) is 18.2 Å². The van der Waals surface area contributed by atoms with Crippen LogP contribution in [0.3, 0.4) is 0 Å². The van der Waals surface area contributed by atoms with Crippen LogP contribution in [0.25, 0.3) is 0 Å². The van der Waals surface area contributed by atoms with E-state index in [2.05, 4.69) is 20.5 Å². The van der Waals surface area contributed by atoms with Gasteiger partial charge in [0.25, 0.3) is 0 Å². The van der Waals surface area contributed by atoms with E-state index in [4.69, 9.17) is 15.2 Å². The second-order valence-electron chi connectivity index (χ2n) is 8.08. The van der Waals surface area contributed by atoms with Crippen molar-refractivity contribution in [1.82, 2.24) is 25.2 Å². The molecular formula is C20H26N6O3. The summed E-state index contributed by atoms with van der Waals surface area (Å²) in [6.45, 7) is 3.81. The third-order valence-corrected chi connectivity index (χ3v) is 6.31. The Hall–Kier alpha value is -2.65. The average molecular weight is 398 g/mol. The smallest absolute Gasteiger partial charge is 0.231 e. The second-order valence-corrected chi connectivity index (χ2v) is 8.08. The van der Waals surface area contributed by atoms with Crippen molar-refractivity contribution < 1.29 is 14.3 Å². The first-order chi connectivity index (χ1) is 14.2. The Balaban J connectivity index is 1.17. The number of rotatable bonds is 6. The summed E-state index contributed by atoms with van der Waals surface area (Å²) in [7, 11) is 0. The van der Waals surface area contributed by atoms with Gasteiger partial charge in [-0.25, -0.2) is 0 Å². The molecule has 0 aliphatic carbocycles. The van der Waals surface area contributed by atoms with Crippen molar-refractivity contribution in [3.05, 3.63) is 35.7 Å². The van der Waals surface area contributed by atoms with Gasteiger partial charge < -0.3 is 20.5 Å². The molecule has 2 bridgehead atoms. The summed E-state index contributed by atoms with van der Waals surface area (Å²) in [5.41, 5.74) is 7.45. The number of amides is 1. The number of piperidine rings is 3. The lowest BCUT2D eigenvalue weighted by Gasteiger charge is -2.49. The van der Waals surface area contributed by atoms with Gasteiger partial charge in [0.15, 0.2) is 11.5 Å². The Kier molecular flexibility index (Phi) is 4.84. The molecule has 0 spiro atoms. The molecule has 9 heteroatoms. The molecule has 29 heavy (non-hydrogen) atoms. The van der Waals surface area contributed by atoms with Crippen LogP contribution in [0.1, 0.15) is 24.1 Å². The van der Waals surface area contributed by atoms with Gasteiger partial charge in [-0.05, 0) is 43.0 Å². The Bertz CT molecular complexity index is 900. The highest BCUT2D eigenvalue weighted by molar-refractivity contribution is 5.79. The van der Waals surface area contributed by atoms with Gasteiger partial charge in [-0.3, -0.25) is 14.4 Å². The lowest BCUT2D eigenvalue weighted by molar-refractivity contribution is -0.133. The first-order valence-electron chi connectivity index (χ1n) is 10.2. The van der Waals surface area contributed by atoms with Crippen molar-refractivity contribution in [2.24, 2.45) is 17.6 Å². The van der Waals surface area contributed by atoms with Crippen molar-refractivity contribution in [3.63, 3.8) is 0 Å². The van der Waals surface area contributed by atoms with Crippen molar-refractivity contribution in [2.45, 2.75) is 38.5 Å². The van der Waals surface area contributed by atoms with Gasteiger partial charge in [0.2, 0.25) is 12.7 Å². The number of hydrogen-bond acceptors (Lipinski definition) is 7. The van der Waals surface area contributed by atoms with Crippen LogP contribution in [-0.2, 0) is 24.4 Å². The van der Waals surface area contributed by atoms with Gasteiger partial charge in [-0.1, -0.05) is 11.3 Å². The Morgan fingerprint density at radius 2 is 2.21 bits per heavy atom. The molecule has 6 rings (SSSR count). The fourth-order valence-electron chi connectivity index (χ4n) is 4.73. The zero-order chi connectivity index (χ0) is 19.8. The molecule has 1 aromatic carbocycles. The van der Waals surface area contributed by atoms with Crippen molar-refractivity contribution >= 4 is 5.91 Å². The summed E-state index contributed by atoms with van der Waals surface area (Å²) in [5.74, 6) is 2.11. The number of fused-ring (bicyclic) bond motifs is 4. The Morgan fingerprint density at radius 1 is 1.31 bits per heavy atom. The molecule has 3 saturated heterocycles. The van der Waals surface area contributed by atoms with Crippen LogP contribution in [0.4, 0.5) is 0 Å². The maximum absolute atomic E-state index is 12.9. The van der Waals surface area contributed by atoms with Crippen LogP contribution in [0, 0.1) is 11.8 Å². The molecule has 0 saturated carbocycles. The van der Waals surface area contributed by atoms with E-state index < -0.39 is 0 Å². The third-order valence-electron chi connectivity index (χ3n) is 6.31. The largest absolute Gasteiger partial charge is 0.454 e. The van der Waals surface area contributed by atoms with Gasteiger partial charge in [-0.15, -0.1) is 5.10 Å². The molecule has 4 aliphatic heterocycles. The van der Waals surface area contributed by atoms with Crippen LogP contribution in [0.2, 0.25) is 0 Å². The van der Waals surface area contributed by atoms with E-state index in [0.717, 1.165) is 55.2 Å². The molecule has 1 unspecified atom stereocenters. The topological polar surface area (TPSA) is 108 Å². The lowest BCUT2D eigenvalue weighted by Crippen LogP contribution is -2.58. The van der Waals surface area contributed by atoms with E-state index in [-0.39, 0.29) is 18.6 Å². The van der Waals surface area contributed by atoms with E-state index in [1.165, 1.54) is 0 Å². The van der Waals surface area contributed by atoms with Gasteiger partial charge >= 0.3 is 0 Å². The summed E-state index contributed by atoms with van der Waals surface area (Å²) in [5, 5.41) is 11.4. The van der Waals surface area contributed by atoms with E-state index in [0.29, 0.717) is 25.0 Å². The number of carbonyl (C=O) groups is 1.